The summed E-state index contributed by atoms with van der Waals surface area (Å²) in [6, 6.07) is 7.73. The first-order chi connectivity index (χ1) is 14.4. The van der Waals surface area contributed by atoms with Gasteiger partial charge in [0, 0.05) is 58.4 Å². The molecule has 4 rings (SSSR count). The molecule has 2 heterocycles. The quantitative estimate of drug-likeness (QED) is 0.701. The van der Waals surface area contributed by atoms with Gasteiger partial charge in [-0.05, 0) is 31.9 Å². The van der Waals surface area contributed by atoms with Crippen molar-refractivity contribution in [2.75, 3.05) is 58.9 Å². The van der Waals surface area contributed by atoms with E-state index < -0.39 is 10.0 Å². The molecule has 1 aromatic rings. The van der Waals surface area contributed by atoms with E-state index >= 15 is 0 Å². The lowest BCUT2D eigenvalue weighted by molar-refractivity contribution is -0.134. The van der Waals surface area contributed by atoms with Gasteiger partial charge < -0.3 is 4.90 Å². The molecule has 3 aliphatic rings. The lowest BCUT2D eigenvalue weighted by atomic mass is 10.2. The molecule has 1 amide bonds. The fourth-order valence-corrected chi connectivity index (χ4v) is 6.31. The maximum Gasteiger partial charge on any atom is 0.243 e. The number of carbonyl (C=O) groups excluding carboxylic acids is 1. The minimum absolute atomic E-state index is 0.177. The van der Waals surface area contributed by atoms with E-state index in [1.54, 1.807) is 16.4 Å². The highest BCUT2D eigenvalue weighted by Gasteiger charge is 2.31. The Hall–Kier alpha value is -1.48. The first-order valence-electron chi connectivity index (χ1n) is 11.2. The van der Waals surface area contributed by atoms with Crippen molar-refractivity contribution in [2.45, 2.75) is 43.5 Å². The molecule has 1 aromatic carbocycles. The summed E-state index contributed by atoms with van der Waals surface area (Å²) in [6.45, 7) is 7.99. The zero-order chi connectivity index (χ0) is 21.1. The average Bonchev–Trinajstić information content (AvgIpc) is 3.29. The van der Waals surface area contributed by atoms with Crippen LogP contribution in [0.5, 0.6) is 0 Å². The van der Waals surface area contributed by atoms with Gasteiger partial charge in [-0.25, -0.2) is 8.42 Å². The van der Waals surface area contributed by atoms with Crippen molar-refractivity contribution in [3.63, 3.8) is 0 Å². The SMILES string of the molecule is Cc1ccc(S(=O)(=O)N2CCN(CC(=O)N3CCN(C4CCCC4)CC3)CC2)cc1. The van der Waals surface area contributed by atoms with Crippen LogP contribution in [-0.4, -0.2) is 98.3 Å². The molecule has 3 fully saturated rings. The molecular weight excluding hydrogens is 400 g/mol. The molecule has 2 saturated heterocycles. The number of amides is 1. The van der Waals surface area contributed by atoms with Crippen molar-refractivity contribution in [3.05, 3.63) is 29.8 Å². The van der Waals surface area contributed by atoms with E-state index in [2.05, 4.69) is 9.80 Å². The first kappa shape index (κ1) is 21.7. The predicted molar refractivity (Wildman–Crippen MR) is 117 cm³/mol. The van der Waals surface area contributed by atoms with Gasteiger partial charge in [-0.2, -0.15) is 4.31 Å². The molecule has 0 spiro atoms. The zero-order valence-electron chi connectivity index (χ0n) is 18.0. The van der Waals surface area contributed by atoms with Gasteiger partial charge in [-0.3, -0.25) is 14.6 Å². The molecule has 2 aliphatic heterocycles. The molecule has 0 unspecified atom stereocenters. The van der Waals surface area contributed by atoms with Crippen LogP contribution in [0.2, 0.25) is 0 Å². The van der Waals surface area contributed by atoms with E-state index in [-0.39, 0.29) is 5.91 Å². The molecule has 0 atom stereocenters. The average molecular weight is 435 g/mol. The Bertz CT molecular complexity index is 820. The Morgan fingerprint density at radius 3 is 2.10 bits per heavy atom. The molecule has 1 saturated carbocycles. The number of sulfonamides is 1. The van der Waals surface area contributed by atoms with E-state index in [9.17, 15) is 13.2 Å². The third-order valence-corrected chi connectivity index (χ3v) is 8.77. The van der Waals surface area contributed by atoms with Crippen LogP contribution in [0.25, 0.3) is 0 Å². The van der Waals surface area contributed by atoms with Gasteiger partial charge in [0.15, 0.2) is 0 Å². The first-order valence-corrected chi connectivity index (χ1v) is 12.7. The maximum atomic E-state index is 12.8. The molecular formula is C22H34N4O3S. The summed E-state index contributed by atoms with van der Waals surface area (Å²) < 4.78 is 27.2. The summed E-state index contributed by atoms with van der Waals surface area (Å²) in [7, 11) is -3.46. The van der Waals surface area contributed by atoms with Crippen molar-refractivity contribution in [1.29, 1.82) is 0 Å². The van der Waals surface area contributed by atoms with Gasteiger partial charge in [0.05, 0.1) is 11.4 Å². The van der Waals surface area contributed by atoms with Crippen molar-refractivity contribution in [1.82, 2.24) is 19.0 Å². The van der Waals surface area contributed by atoms with Crippen LogP contribution >= 0.6 is 0 Å². The van der Waals surface area contributed by atoms with Crippen LogP contribution in [0.15, 0.2) is 29.2 Å². The summed E-state index contributed by atoms with van der Waals surface area (Å²) in [6.07, 6.45) is 5.30. The third kappa shape index (κ3) is 4.88. The maximum absolute atomic E-state index is 12.8. The Balaban J connectivity index is 1.24. The van der Waals surface area contributed by atoms with Crippen LogP contribution in [0.1, 0.15) is 31.2 Å². The molecule has 166 valence electrons. The normalized spacial score (nSPS) is 23.2. The molecule has 0 radical (unpaired) electrons. The largest absolute Gasteiger partial charge is 0.339 e. The summed E-state index contributed by atoms with van der Waals surface area (Å²) in [5.41, 5.74) is 1.04. The number of nitrogens with zero attached hydrogens (tertiary/aromatic N) is 4. The number of rotatable bonds is 5. The Labute approximate surface area is 180 Å². The smallest absolute Gasteiger partial charge is 0.243 e. The van der Waals surface area contributed by atoms with Gasteiger partial charge in [0.25, 0.3) is 0 Å². The van der Waals surface area contributed by atoms with Crippen molar-refractivity contribution in [3.8, 4) is 0 Å². The molecule has 0 N–H and O–H groups in total. The van der Waals surface area contributed by atoms with E-state index in [4.69, 9.17) is 0 Å². The monoisotopic (exact) mass is 434 g/mol. The van der Waals surface area contributed by atoms with E-state index in [1.807, 2.05) is 24.0 Å². The van der Waals surface area contributed by atoms with Gasteiger partial charge in [-0.1, -0.05) is 30.5 Å². The number of benzene rings is 1. The van der Waals surface area contributed by atoms with Crippen molar-refractivity contribution < 1.29 is 13.2 Å². The summed E-state index contributed by atoms with van der Waals surface area (Å²) in [5.74, 6) is 0.177. The van der Waals surface area contributed by atoms with Crippen LogP contribution < -0.4 is 0 Å². The summed E-state index contributed by atoms with van der Waals surface area (Å²) in [4.78, 5) is 19.7. The minimum atomic E-state index is -3.46. The van der Waals surface area contributed by atoms with E-state index in [0.717, 1.165) is 37.8 Å². The second-order valence-corrected chi connectivity index (χ2v) is 10.8. The fourth-order valence-electron chi connectivity index (χ4n) is 4.88. The lowest BCUT2D eigenvalue weighted by Crippen LogP contribution is -2.55. The highest BCUT2D eigenvalue weighted by Crippen LogP contribution is 2.24. The van der Waals surface area contributed by atoms with Gasteiger partial charge >= 0.3 is 0 Å². The topological polar surface area (TPSA) is 64.2 Å². The summed E-state index contributed by atoms with van der Waals surface area (Å²) >= 11 is 0. The molecule has 30 heavy (non-hydrogen) atoms. The van der Waals surface area contributed by atoms with Crippen LogP contribution in [0.3, 0.4) is 0 Å². The van der Waals surface area contributed by atoms with E-state index in [1.165, 1.54) is 25.7 Å². The van der Waals surface area contributed by atoms with Crippen LogP contribution in [-0.2, 0) is 14.8 Å². The van der Waals surface area contributed by atoms with Crippen molar-refractivity contribution >= 4 is 15.9 Å². The second kappa shape index (κ2) is 9.34. The minimum Gasteiger partial charge on any atom is -0.339 e. The van der Waals surface area contributed by atoms with Gasteiger partial charge in [-0.15, -0.1) is 0 Å². The molecule has 1 aliphatic carbocycles. The number of hydrogen-bond acceptors (Lipinski definition) is 5. The van der Waals surface area contributed by atoms with Crippen LogP contribution in [0.4, 0.5) is 0 Å². The van der Waals surface area contributed by atoms with E-state index in [0.29, 0.717) is 37.6 Å². The standard InChI is InChI=1S/C22H34N4O3S/c1-19-6-8-21(9-7-19)30(28,29)26-16-10-23(11-17-26)18-22(27)25-14-12-24(13-15-25)20-4-2-3-5-20/h6-9,20H,2-5,10-18H2,1H3. The summed E-state index contributed by atoms with van der Waals surface area (Å²) in [5, 5.41) is 0. The predicted octanol–water partition coefficient (Wildman–Crippen LogP) is 1.39. The van der Waals surface area contributed by atoms with Gasteiger partial charge in [0.2, 0.25) is 15.9 Å². The Kier molecular flexibility index (Phi) is 6.77. The Morgan fingerprint density at radius 2 is 1.50 bits per heavy atom. The van der Waals surface area contributed by atoms with Gasteiger partial charge in [0.1, 0.15) is 0 Å². The van der Waals surface area contributed by atoms with Crippen molar-refractivity contribution in [2.24, 2.45) is 0 Å². The lowest BCUT2D eigenvalue weighted by Gasteiger charge is -2.39. The highest BCUT2D eigenvalue weighted by molar-refractivity contribution is 7.89. The molecule has 0 bridgehead atoms. The fraction of sp³-hybridized carbons (Fsp3) is 0.682. The number of aryl methyl sites for hydroxylation is 1. The molecule has 0 aromatic heterocycles. The molecule has 7 nitrogen and oxygen atoms in total. The number of carbonyl (C=O) groups is 1. The number of piperazine rings is 2. The highest BCUT2D eigenvalue weighted by atomic mass is 32.2. The zero-order valence-corrected chi connectivity index (χ0v) is 18.8. The third-order valence-electron chi connectivity index (χ3n) is 6.86. The number of hydrogen-bond donors (Lipinski definition) is 0. The van der Waals surface area contributed by atoms with Crippen LogP contribution in [0, 0.1) is 6.92 Å². The Morgan fingerprint density at radius 1 is 0.900 bits per heavy atom. The second-order valence-electron chi connectivity index (χ2n) is 8.85. The molecule has 8 heteroatoms.